The fourth-order valence-corrected chi connectivity index (χ4v) is 1.82. The van der Waals surface area contributed by atoms with Crippen molar-refractivity contribution in [1.29, 1.82) is 5.26 Å². The Kier molecular flexibility index (Phi) is 6.39. The molecular weight excluding hydrogens is 269 g/mol. The van der Waals surface area contributed by atoms with E-state index in [1.54, 1.807) is 13.8 Å². The minimum Gasteiger partial charge on any atom is -0.338 e. The molecular formula is C16H18FN3O. The van der Waals surface area contributed by atoms with Gasteiger partial charge in [-0.2, -0.15) is 5.26 Å². The average molecular weight is 287 g/mol. The van der Waals surface area contributed by atoms with Crippen LogP contribution in [0.1, 0.15) is 29.8 Å². The van der Waals surface area contributed by atoms with Crippen LogP contribution in [0, 0.1) is 34.9 Å². The second kappa shape index (κ2) is 8.04. The summed E-state index contributed by atoms with van der Waals surface area (Å²) in [5.41, 5.74) is 5.79. The van der Waals surface area contributed by atoms with Gasteiger partial charge in [0.2, 0.25) is 0 Å². The molecule has 0 aliphatic carbocycles. The number of benzene rings is 1. The summed E-state index contributed by atoms with van der Waals surface area (Å²) in [5.74, 6) is 4.09. The van der Waals surface area contributed by atoms with Crippen molar-refractivity contribution >= 4 is 5.91 Å². The first-order chi connectivity index (χ1) is 10.0. The molecule has 4 nitrogen and oxygen atoms in total. The number of nitriles is 1. The van der Waals surface area contributed by atoms with E-state index in [1.807, 2.05) is 0 Å². The number of rotatable bonds is 4. The van der Waals surface area contributed by atoms with Crippen LogP contribution in [-0.2, 0) is 0 Å². The molecule has 1 aromatic carbocycles. The normalized spacial score (nSPS) is 11.0. The Morgan fingerprint density at radius 2 is 2.24 bits per heavy atom. The Morgan fingerprint density at radius 1 is 1.52 bits per heavy atom. The van der Waals surface area contributed by atoms with E-state index in [0.29, 0.717) is 12.1 Å². The minimum absolute atomic E-state index is 0.0363. The first-order valence-corrected chi connectivity index (χ1v) is 6.70. The van der Waals surface area contributed by atoms with Crippen LogP contribution >= 0.6 is 0 Å². The molecule has 1 aromatic rings. The van der Waals surface area contributed by atoms with Gasteiger partial charge in [-0.05, 0) is 32.0 Å². The number of nitrogens with two attached hydrogens (primary N) is 1. The molecule has 0 fully saturated rings. The zero-order valence-electron chi connectivity index (χ0n) is 12.2. The van der Waals surface area contributed by atoms with Crippen molar-refractivity contribution in [3.8, 4) is 17.9 Å². The molecule has 21 heavy (non-hydrogen) atoms. The van der Waals surface area contributed by atoms with Gasteiger partial charge in [0, 0.05) is 18.7 Å². The minimum atomic E-state index is -0.596. The summed E-state index contributed by atoms with van der Waals surface area (Å²) in [6.07, 6.45) is 0. The van der Waals surface area contributed by atoms with Crippen molar-refractivity contribution < 1.29 is 9.18 Å². The second-order valence-electron chi connectivity index (χ2n) is 4.57. The number of nitrogens with zero attached hydrogens (tertiary/aromatic N) is 2. The van der Waals surface area contributed by atoms with E-state index in [9.17, 15) is 9.18 Å². The molecule has 0 heterocycles. The number of amides is 1. The smallest absolute Gasteiger partial charge is 0.256 e. The quantitative estimate of drug-likeness (QED) is 0.858. The maximum Gasteiger partial charge on any atom is 0.256 e. The van der Waals surface area contributed by atoms with Crippen molar-refractivity contribution in [3.63, 3.8) is 0 Å². The van der Waals surface area contributed by atoms with E-state index in [-0.39, 0.29) is 24.6 Å². The van der Waals surface area contributed by atoms with Crippen LogP contribution in [0.5, 0.6) is 0 Å². The van der Waals surface area contributed by atoms with E-state index in [0.717, 1.165) is 0 Å². The largest absolute Gasteiger partial charge is 0.338 e. The van der Waals surface area contributed by atoms with E-state index in [4.69, 9.17) is 11.0 Å². The molecule has 110 valence electrons. The number of halogens is 1. The number of carbonyl (C=O) groups excluding carboxylic acids is 1. The lowest BCUT2D eigenvalue weighted by Gasteiger charge is -2.22. The van der Waals surface area contributed by atoms with Crippen LogP contribution in [0.15, 0.2) is 18.2 Å². The Balaban J connectivity index is 3.07. The highest BCUT2D eigenvalue weighted by Crippen LogP contribution is 2.14. The lowest BCUT2D eigenvalue weighted by Crippen LogP contribution is -2.34. The number of hydrogen-bond donors (Lipinski definition) is 1. The topological polar surface area (TPSA) is 70.1 Å². The summed E-state index contributed by atoms with van der Waals surface area (Å²) < 4.78 is 13.9. The Bertz CT molecular complexity index is 610. The monoisotopic (exact) mass is 287 g/mol. The highest BCUT2D eigenvalue weighted by atomic mass is 19.1. The predicted octanol–water partition coefficient (Wildman–Crippen LogP) is 1.76. The van der Waals surface area contributed by atoms with Crippen molar-refractivity contribution in [3.05, 3.63) is 35.1 Å². The molecule has 0 saturated carbocycles. The SMILES string of the molecule is CCN(CC(C)C#N)C(=O)c1cc(C#CCN)ccc1F. The molecule has 5 heteroatoms. The van der Waals surface area contributed by atoms with Crippen molar-refractivity contribution in [2.24, 2.45) is 11.7 Å². The molecule has 0 saturated heterocycles. The van der Waals surface area contributed by atoms with Gasteiger partial charge in [-0.1, -0.05) is 11.8 Å². The third-order valence-corrected chi connectivity index (χ3v) is 2.92. The van der Waals surface area contributed by atoms with Crippen LogP contribution in [-0.4, -0.2) is 30.4 Å². The highest BCUT2D eigenvalue weighted by Gasteiger charge is 2.20. The molecule has 0 aliphatic rings. The van der Waals surface area contributed by atoms with Gasteiger partial charge in [0.15, 0.2) is 0 Å². The molecule has 0 aromatic heterocycles. The fourth-order valence-electron chi connectivity index (χ4n) is 1.82. The number of carbonyl (C=O) groups is 1. The summed E-state index contributed by atoms with van der Waals surface area (Å²) in [5, 5.41) is 8.84. The van der Waals surface area contributed by atoms with Gasteiger partial charge >= 0.3 is 0 Å². The summed E-state index contributed by atoms with van der Waals surface area (Å²) in [7, 11) is 0. The first-order valence-electron chi connectivity index (χ1n) is 6.70. The molecule has 1 atom stereocenters. The van der Waals surface area contributed by atoms with Gasteiger partial charge < -0.3 is 10.6 Å². The van der Waals surface area contributed by atoms with Crippen LogP contribution in [0.2, 0.25) is 0 Å². The zero-order chi connectivity index (χ0) is 15.8. The first kappa shape index (κ1) is 16.7. The van der Waals surface area contributed by atoms with Gasteiger partial charge in [0.25, 0.3) is 5.91 Å². The molecule has 2 N–H and O–H groups in total. The van der Waals surface area contributed by atoms with Crippen LogP contribution < -0.4 is 5.73 Å². The van der Waals surface area contributed by atoms with Crippen LogP contribution in [0.4, 0.5) is 4.39 Å². The maximum absolute atomic E-state index is 13.9. The van der Waals surface area contributed by atoms with Crippen molar-refractivity contribution in [1.82, 2.24) is 4.90 Å². The maximum atomic E-state index is 13.9. The van der Waals surface area contributed by atoms with E-state index in [1.165, 1.54) is 23.1 Å². The summed E-state index contributed by atoms with van der Waals surface area (Å²) >= 11 is 0. The Hall–Kier alpha value is -2.37. The highest BCUT2D eigenvalue weighted by molar-refractivity contribution is 5.94. The molecule has 1 unspecified atom stereocenters. The van der Waals surface area contributed by atoms with Gasteiger partial charge in [0.05, 0.1) is 24.1 Å². The van der Waals surface area contributed by atoms with Gasteiger partial charge in [0.1, 0.15) is 5.82 Å². The fraction of sp³-hybridized carbons (Fsp3) is 0.375. The molecule has 0 aliphatic heterocycles. The average Bonchev–Trinajstić information content (AvgIpc) is 2.50. The third kappa shape index (κ3) is 4.59. The summed E-state index contributed by atoms with van der Waals surface area (Å²) in [6, 6.07) is 6.20. The summed E-state index contributed by atoms with van der Waals surface area (Å²) in [6.45, 7) is 4.38. The van der Waals surface area contributed by atoms with Gasteiger partial charge in [-0.25, -0.2) is 4.39 Å². The lowest BCUT2D eigenvalue weighted by atomic mass is 10.1. The molecule has 1 amide bonds. The zero-order valence-corrected chi connectivity index (χ0v) is 12.2. The van der Waals surface area contributed by atoms with Gasteiger partial charge in [-0.15, -0.1) is 0 Å². The predicted molar refractivity (Wildman–Crippen MR) is 78.7 cm³/mol. The van der Waals surface area contributed by atoms with Crippen molar-refractivity contribution in [2.45, 2.75) is 13.8 Å². The van der Waals surface area contributed by atoms with Crippen molar-refractivity contribution in [2.75, 3.05) is 19.6 Å². The number of hydrogen-bond acceptors (Lipinski definition) is 3. The van der Waals surface area contributed by atoms with Gasteiger partial charge in [-0.3, -0.25) is 4.79 Å². The van der Waals surface area contributed by atoms with E-state index >= 15 is 0 Å². The Morgan fingerprint density at radius 3 is 2.81 bits per heavy atom. The standard InChI is InChI=1S/C16H18FN3O/c1-3-20(11-12(2)10-19)16(21)14-9-13(5-4-8-18)6-7-15(14)17/h6-7,9,12H,3,8,11,18H2,1-2H3. The van der Waals surface area contributed by atoms with E-state index in [2.05, 4.69) is 17.9 Å². The Labute approximate surface area is 124 Å². The molecule has 1 rings (SSSR count). The second-order valence-corrected chi connectivity index (χ2v) is 4.57. The van der Waals surface area contributed by atoms with Crippen LogP contribution in [0.3, 0.4) is 0 Å². The molecule has 0 spiro atoms. The molecule has 0 bridgehead atoms. The lowest BCUT2D eigenvalue weighted by molar-refractivity contribution is 0.0748. The van der Waals surface area contributed by atoms with E-state index < -0.39 is 11.7 Å². The molecule has 0 radical (unpaired) electrons. The van der Waals surface area contributed by atoms with Crippen LogP contribution in [0.25, 0.3) is 0 Å². The summed E-state index contributed by atoms with van der Waals surface area (Å²) in [4.78, 5) is 13.8. The third-order valence-electron chi connectivity index (χ3n) is 2.92.